The van der Waals surface area contributed by atoms with Gasteiger partial charge in [0.05, 0.1) is 0 Å². The lowest BCUT2D eigenvalue weighted by Gasteiger charge is -2.07. The first-order valence-electron chi connectivity index (χ1n) is 6.19. The molecule has 0 radical (unpaired) electrons. The summed E-state index contributed by atoms with van der Waals surface area (Å²) >= 11 is 2.22. The molecule has 0 aromatic heterocycles. The van der Waals surface area contributed by atoms with E-state index in [1.807, 2.05) is 48.5 Å². The lowest BCUT2D eigenvalue weighted by Crippen LogP contribution is -2.11. The number of benzene rings is 2. The fourth-order valence-electron chi connectivity index (χ4n) is 1.72. The van der Waals surface area contributed by atoms with Crippen molar-refractivity contribution in [1.29, 1.82) is 0 Å². The zero-order valence-electron chi connectivity index (χ0n) is 10.7. The molecule has 0 saturated carbocycles. The van der Waals surface area contributed by atoms with Crippen molar-refractivity contribution in [1.82, 2.24) is 0 Å². The van der Waals surface area contributed by atoms with Crippen LogP contribution in [0, 0.1) is 3.57 Å². The lowest BCUT2D eigenvalue weighted by atomic mass is 10.1. The van der Waals surface area contributed by atoms with Crippen molar-refractivity contribution in [3.05, 3.63) is 63.2 Å². The molecule has 0 aliphatic carbocycles. The van der Waals surface area contributed by atoms with Crippen molar-refractivity contribution in [2.24, 2.45) is 0 Å². The van der Waals surface area contributed by atoms with E-state index in [1.165, 1.54) is 5.56 Å². The van der Waals surface area contributed by atoms with Crippen molar-refractivity contribution in [3.63, 3.8) is 0 Å². The Morgan fingerprint density at radius 2 is 1.89 bits per heavy atom. The molecule has 0 aliphatic heterocycles. The summed E-state index contributed by atoms with van der Waals surface area (Å²) < 4.78 is 6.66. The predicted octanol–water partition coefficient (Wildman–Crippen LogP) is 4.12. The van der Waals surface area contributed by atoms with Crippen molar-refractivity contribution in [2.45, 2.75) is 13.3 Å². The third kappa shape index (κ3) is 4.06. The number of hydrogen-bond acceptors (Lipinski definition) is 2. The van der Waals surface area contributed by atoms with Crippen LogP contribution in [0.3, 0.4) is 0 Å². The van der Waals surface area contributed by atoms with E-state index >= 15 is 0 Å². The summed E-state index contributed by atoms with van der Waals surface area (Å²) in [5.41, 5.74) is 1.89. The molecule has 0 bridgehead atoms. The van der Waals surface area contributed by atoms with Crippen LogP contribution in [0.4, 0.5) is 0 Å². The van der Waals surface area contributed by atoms with Crippen LogP contribution >= 0.6 is 22.6 Å². The molecule has 0 saturated heterocycles. The van der Waals surface area contributed by atoms with E-state index in [0.29, 0.717) is 5.56 Å². The van der Waals surface area contributed by atoms with Crippen LogP contribution in [0.2, 0.25) is 0 Å². The first-order valence-corrected chi connectivity index (χ1v) is 7.27. The first-order chi connectivity index (χ1) is 9.19. The number of hydrogen-bond donors (Lipinski definition) is 0. The van der Waals surface area contributed by atoms with Crippen LogP contribution < -0.4 is 4.74 Å². The largest absolute Gasteiger partial charge is 0.485 e. The van der Waals surface area contributed by atoms with Crippen LogP contribution in [0.5, 0.6) is 5.75 Å². The smallest absolute Gasteiger partial charge is 0.200 e. The fraction of sp³-hybridized carbons (Fsp3) is 0.188. The van der Waals surface area contributed by atoms with Gasteiger partial charge in [0, 0.05) is 9.13 Å². The standard InChI is InChI=1S/C16H15IO2/c1-2-12-4-3-5-15(10-12)19-11-16(18)13-6-8-14(17)9-7-13/h3-10H,2,11H2,1H3. The summed E-state index contributed by atoms with van der Waals surface area (Å²) in [7, 11) is 0. The van der Waals surface area contributed by atoms with Crippen LogP contribution in [-0.2, 0) is 6.42 Å². The second-order valence-corrected chi connectivity index (χ2v) is 5.47. The SMILES string of the molecule is CCc1cccc(OCC(=O)c2ccc(I)cc2)c1. The topological polar surface area (TPSA) is 26.3 Å². The number of Topliss-reactive ketones (excluding diaryl/α,β-unsaturated/α-hetero) is 1. The van der Waals surface area contributed by atoms with Crippen LogP contribution in [0.15, 0.2) is 48.5 Å². The molecule has 2 rings (SSSR count). The first kappa shape index (κ1) is 14.1. The van der Waals surface area contributed by atoms with Gasteiger partial charge in [-0.15, -0.1) is 0 Å². The maximum absolute atomic E-state index is 12.0. The van der Waals surface area contributed by atoms with E-state index in [2.05, 4.69) is 29.5 Å². The highest BCUT2D eigenvalue weighted by Gasteiger charge is 2.06. The molecular weight excluding hydrogens is 351 g/mol. The molecule has 2 aromatic carbocycles. The summed E-state index contributed by atoms with van der Waals surface area (Å²) in [6.07, 6.45) is 0.961. The molecule has 98 valence electrons. The summed E-state index contributed by atoms with van der Waals surface area (Å²) in [5.74, 6) is 0.747. The quantitative estimate of drug-likeness (QED) is 0.588. The Labute approximate surface area is 126 Å². The molecule has 0 amide bonds. The van der Waals surface area contributed by atoms with Gasteiger partial charge in [0.15, 0.2) is 12.4 Å². The molecule has 0 aliphatic rings. The van der Waals surface area contributed by atoms with Crippen LogP contribution in [0.25, 0.3) is 0 Å². The molecule has 0 spiro atoms. The summed E-state index contributed by atoms with van der Waals surface area (Å²) in [6, 6.07) is 15.3. The monoisotopic (exact) mass is 366 g/mol. The van der Waals surface area contributed by atoms with E-state index in [9.17, 15) is 4.79 Å². The maximum Gasteiger partial charge on any atom is 0.200 e. The van der Waals surface area contributed by atoms with Crippen molar-refractivity contribution >= 4 is 28.4 Å². The van der Waals surface area contributed by atoms with Crippen molar-refractivity contribution < 1.29 is 9.53 Å². The number of ether oxygens (including phenoxy) is 1. The molecule has 3 heteroatoms. The molecular formula is C16H15IO2. The number of halogens is 1. The summed E-state index contributed by atoms with van der Waals surface area (Å²) in [5, 5.41) is 0. The summed E-state index contributed by atoms with van der Waals surface area (Å²) in [6.45, 7) is 2.17. The minimum absolute atomic E-state index is 0.00157. The minimum atomic E-state index is -0.00157. The van der Waals surface area contributed by atoms with E-state index in [4.69, 9.17) is 4.74 Å². The molecule has 2 nitrogen and oxygen atoms in total. The van der Waals surface area contributed by atoms with E-state index in [1.54, 1.807) is 0 Å². The summed E-state index contributed by atoms with van der Waals surface area (Å²) in [4.78, 5) is 12.0. The van der Waals surface area contributed by atoms with Gasteiger partial charge in [-0.1, -0.05) is 31.2 Å². The van der Waals surface area contributed by atoms with E-state index < -0.39 is 0 Å². The minimum Gasteiger partial charge on any atom is -0.485 e. The molecule has 0 unspecified atom stereocenters. The average molecular weight is 366 g/mol. The molecule has 0 N–H and O–H groups in total. The zero-order valence-corrected chi connectivity index (χ0v) is 12.9. The number of carbonyl (C=O) groups is 1. The Morgan fingerprint density at radius 3 is 2.58 bits per heavy atom. The van der Waals surface area contributed by atoms with Gasteiger partial charge < -0.3 is 4.74 Å². The van der Waals surface area contributed by atoms with E-state index in [-0.39, 0.29) is 12.4 Å². The molecule has 0 fully saturated rings. The number of rotatable bonds is 5. The van der Waals surface area contributed by atoms with E-state index in [0.717, 1.165) is 15.7 Å². The maximum atomic E-state index is 12.0. The van der Waals surface area contributed by atoms with Gasteiger partial charge in [-0.3, -0.25) is 4.79 Å². The molecule has 19 heavy (non-hydrogen) atoms. The molecule has 0 heterocycles. The van der Waals surface area contributed by atoms with Gasteiger partial charge in [-0.05, 0) is 58.8 Å². The third-order valence-electron chi connectivity index (χ3n) is 2.84. The second-order valence-electron chi connectivity index (χ2n) is 4.22. The van der Waals surface area contributed by atoms with Gasteiger partial charge in [0.2, 0.25) is 0 Å². The number of carbonyl (C=O) groups excluding carboxylic acids is 1. The van der Waals surface area contributed by atoms with Gasteiger partial charge in [-0.2, -0.15) is 0 Å². The van der Waals surface area contributed by atoms with Crippen molar-refractivity contribution in [2.75, 3.05) is 6.61 Å². The Morgan fingerprint density at radius 1 is 1.16 bits per heavy atom. The van der Waals surface area contributed by atoms with Crippen LogP contribution in [-0.4, -0.2) is 12.4 Å². The number of ketones is 1. The Kier molecular flexibility index (Phi) is 4.96. The Bertz CT molecular complexity index is 561. The second kappa shape index (κ2) is 6.70. The van der Waals surface area contributed by atoms with Gasteiger partial charge in [0.1, 0.15) is 5.75 Å². The third-order valence-corrected chi connectivity index (χ3v) is 3.56. The highest BCUT2D eigenvalue weighted by atomic mass is 127. The predicted molar refractivity (Wildman–Crippen MR) is 84.8 cm³/mol. The Balaban J connectivity index is 1.98. The average Bonchev–Trinajstić information content (AvgIpc) is 2.46. The van der Waals surface area contributed by atoms with Gasteiger partial charge in [0.25, 0.3) is 0 Å². The van der Waals surface area contributed by atoms with Crippen molar-refractivity contribution in [3.8, 4) is 5.75 Å². The van der Waals surface area contributed by atoms with Gasteiger partial charge >= 0.3 is 0 Å². The lowest BCUT2D eigenvalue weighted by molar-refractivity contribution is 0.0921. The number of aryl methyl sites for hydroxylation is 1. The van der Waals surface area contributed by atoms with Gasteiger partial charge in [-0.25, -0.2) is 0 Å². The molecule has 2 aromatic rings. The fourth-order valence-corrected chi connectivity index (χ4v) is 2.08. The highest BCUT2D eigenvalue weighted by Crippen LogP contribution is 2.14. The van der Waals surface area contributed by atoms with Crippen LogP contribution in [0.1, 0.15) is 22.8 Å². The molecule has 0 atom stereocenters. The normalized spacial score (nSPS) is 10.2. The Hall–Kier alpha value is -1.36. The highest BCUT2D eigenvalue weighted by molar-refractivity contribution is 14.1. The zero-order chi connectivity index (χ0) is 13.7.